The molecule has 6 nitrogen and oxygen atoms in total. The van der Waals surface area contributed by atoms with Crippen molar-refractivity contribution in [3.63, 3.8) is 0 Å². The number of hydrogen-bond donors (Lipinski definition) is 2. The Morgan fingerprint density at radius 3 is 2.92 bits per heavy atom. The molecule has 6 heteroatoms. The average Bonchev–Trinajstić information content (AvgIpc) is 3.11. The first kappa shape index (κ1) is 15.4. The monoisotopic (exact) mass is 334 g/mol. The Bertz CT molecular complexity index is 923. The van der Waals surface area contributed by atoms with E-state index < -0.39 is 0 Å². The fourth-order valence-corrected chi connectivity index (χ4v) is 3.32. The summed E-state index contributed by atoms with van der Waals surface area (Å²) in [5.74, 6) is 0.827. The van der Waals surface area contributed by atoms with Gasteiger partial charge >= 0.3 is 0 Å². The van der Waals surface area contributed by atoms with Gasteiger partial charge in [0.2, 0.25) is 5.91 Å². The molecular weight excluding hydrogens is 316 g/mol. The number of hydrogen-bond acceptors (Lipinski definition) is 5. The molecule has 126 valence electrons. The molecule has 1 aliphatic rings. The summed E-state index contributed by atoms with van der Waals surface area (Å²) in [4.78, 5) is 23.5. The lowest BCUT2D eigenvalue weighted by molar-refractivity contribution is -0.117. The Morgan fingerprint density at radius 1 is 1.16 bits per heavy atom. The highest BCUT2D eigenvalue weighted by molar-refractivity contribution is 5.99. The number of nitrogens with zero attached hydrogens (tertiary/aromatic N) is 3. The molecule has 1 amide bonds. The molecule has 2 heterocycles. The summed E-state index contributed by atoms with van der Waals surface area (Å²) < 4.78 is 0. The van der Waals surface area contributed by atoms with Crippen molar-refractivity contribution in [1.82, 2.24) is 9.97 Å². The normalized spacial score (nSPS) is 17.0. The summed E-state index contributed by atoms with van der Waals surface area (Å²) in [5.41, 5.74) is 1.45. The van der Waals surface area contributed by atoms with Crippen molar-refractivity contribution in [3.05, 3.63) is 54.9 Å². The molecule has 1 atom stereocenters. The Labute approximate surface area is 145 Å². The number of amides is 1. The molecule has 0 aliphatic carbocycles. The second-order valence-corrected chi connectivity index (χ2v) is 6.11. The van der Waals surface area contributed by atoms with Crippen LogP contribution >= 0.6 is 0 Å². The molecule has 0 spiro atoms. The number of phenolic OH excluding ortho intramolecular Hbond substituents is 1. The molecule has 0 saturated carbocycles. The van der Waals surface area contributed by atoms with E-state index in [-0.39, 0.29) is 17.7 Å². The molecule has 3 aromatic rings. The van der Waals surface area contributed by atoms with Crippen LogP contribution in [0.4, 0.5) is 11.5 Å². The third-order valence-corrected chi connectivity index (χ3v) is 4.46. The minimum atomic E-state index is -0.291. The van der Waals surface area contributed by atoms with Crippen LogP contribution in [0.1, 0.15) is 12.8 Å². The molecule has 0 radical (unpaired) electrons. The first-order valence-electron chi connectivity index (χ1n) is 8.29. The van der Waals surface area contributed by atoms with E-state index in [1.54, 1.807) is 24.5 Å². The minimum absolute atomic E-state index is 0.0919. The summed E-state index contributed by atoms with van der Waals surface area (Å²) in [6.45, 7) is 0.777. The van der Waals surface area contributed by atoms with Gasteiger partial charge in [-0.3, -0.25) is 4.79 Å². The zero-order chi connectivity index (χ0) is 17.2. The highest BCUT2D eigenvalue weighted by atomic mass is 16.3. The Morgan fingerprint density at radius 2 is 2.04 bits per heavy atom. The standard InChI is InChI=1S/C19H18N4O2/c24-14-6-3-5-13(11-14)22-19(25)17-9-4-10-23(17)18-15-7-1-2-8-16(15)20-12-21-18/h1-3,5-8,11-12,17,24H,4,9-10H2,(H,22,25). The lowest BCUT2D eigenvalue weighted by Gasteiger charge is -2.25. The van der Waals surface area contributed by atoms with Crippen LogP contribution in [0.5, 0.6) is 5.75 Å². The van der Waals surface area contributed by atoms with Crippen molar-refractivity contribution >= 4 is 28.3 Å². The maximum Gasteiger partial charge on any atom is 0.247 e. The van der Waals surface area contributed by atoms with Gasteiger partial charge in [-0.15, -0.1) is 0 Å². The van der Waals surface area contributed by atoms with Gasteiger partial charge in [-0.05, 0) is 37.1 Å². The summed E-state index contributed by atoms with van der Waals surface area (Å²) in [5, 5.41) is 13.4. The van der Waals surface area contributed by atoms with Crippen LogP contribution in [-0.4, -0.2) is 33.6 Å². The van der Waals surface area contributed by atoms with Gasteiger partial charge in [0.25, 0.3) is 0 Å². The lowest BCUT2D eigenvalue weighted by Crippen LogP contribution is -2.40. The predicted octanol–water partition coefficient (Wildman–Crippen LogP) is 2.94. The number of anilines is 2. The fraction of sp³-hybridized carbons (Fsp3) is 0.211. The summed E-state index contributed by atoms with van der Waals surface area (Å²) >= 11 is 0. The van der Waals surface area contributed by atoms with Crippen LogP contribution in [0, 0.1) is 0 Å². The number of nitrogens with one attached hydrogen (secondary N) is 1. The number of carbonyl (C=O) groups is 1. The fourth-order valence-electron chi connectivity index (χ4n) is 3.32. The van der Waals surface area contributed by atoms with Gasteiger partial charge in [0.05, 0.1) is 5.52 Å². The lowest BCUT2D eigenvalue weighted by atomic mass is 10.1. The number of fused-ring (bicyclic) bond motifs is 1. The predicted molar refractivity (Wildman–Crippen MR) is 96.6 cm³/mol. The van der Waals surface area contributed by atoms with E-state index >= 15 is 0 Å². The zero-order valence-electron chi connectivity index (χ0n) is 13.6. The van der Waals surface area contributed by atoms with Crippen LogP contribution in [-0.2, 0) is 4.79 Å². The van der Waals surface area contributed by atoms with E-state index in [2.05, 4.69) is 15.3 Å². The topological polar surface area (TPSA) is 78.4 Å². The van der Waals surface area contributed by atoms with Gasteiger partial charge in [0, 0.05) is 23.7 Å². The summed E-state index contributed by atoms with van der Waals surface area (Å²) in [7, 11) is 0. The van der Waals surface area contributed by atoms with Crippen molar-refractivity contribution in [2.75, 3.05) is 16.8 Å². The number of carbonyl (C=O) groups excluding carboxylic acids is 1. The molecule has 4 rings (SSSR count). The minimum Gasteiger partial charge on any atom is -0.508 e. The molecule has 1 aromatic heterocycles. The van der Waals surface area contributed by atoms with Crippen molar-refractivity contribution in [2.45, 2.75) is 18.9 Å². The van der Waals surface area contributed by atoms with Gasteiger partial charge in [0.15, 0.2) is 0 Å². The highest BCUT2D eigenvalue weighted by Crippen LogP contribution is 2.30. The van der Waals surface area contributed by atoms with Gasteiger partial charge < -0.3 is 15.3 Å². The smallest absolute Gasteiger partial charge is 0.247 e. The van der Waals surface area contributed by atoms with Crippen molar-refractivity contribution in [1.29, 1.82) is 0 Å². The number of aromatic nitrogens is 2. The molecular formula is C19H18N4O2. The number of phenols is 1. The van der Waals surface area contributed by atoms with E-state index in [0.29, 0.717) is 5.69 Å². The third kappa shape index (κ3) is 2.98. The average molecular weight is 334 g/mol. The van der Waals surface area contributed by atoms with Crippen LogP contribution in [0.2, 0.25) is 0 Å². The molecule has 2 N–H and O–H groups in total. The molecule has 1 unspecified atom stereocenters. The zero-order valence-corrected chi connectivity index (χ0v) is 13.6. The van der Waals surface area contributed by atoms with E-state index in [1.165, 1.54) is 6.07 Å². The van der Waals surface area contributed by atoms with Crippen molar-refractivity contribution in [3.8, 4) is 5.75 Å². The number of para-hydroxylation sites is 1. The quantitative estimate of drug-likeness (QED) is 0.770. The Kier molecular flexibility index (Phi) is 3.93. The van der Waals surface area contributed by atoms with Gasteiger partial charge in [0.1, 0.15) is 23.9 Å². The van der Waals surface area contributed by atoms with Crippen LogP contribution in [0.25, 0.3) is 10.9 Å². The second-order valence-electron chi connectivity index (χ2n) is 6.11. The first-order valence-corrected chi connectivity index (χ1v) is 8.29. The molecule has 0 bridgehead atoms. The van der Waals surface area contributed by atoms with Crippen LogP contribution < -0.4 is 10.2 Å². The third-order valence-electron chi connectivity index (χ3n) is 4.46. The van der Waals surface area contributed by atoms with Gasteiger partial charge in [-0.1, -0.05) is 18.2 Å². The highest BCUT2D eigenvalue weighted by Gasteiger charge is 2.32. The molecule has 1 fully saturated rings. The van der Waals surface area contributed by atoms with Gasteiger partial charge in [-0.25, -0.2) is 9.97 Å². The number of benzene rings is 2. The molecule has 1 saturated heterocycles. The maximum atomic E-state index is 12.8. The summed E-state index contributed by atoms with van der Waals surface area (Å²) in [6.07, 6.45) is 3.24. The van der Waals surface area contributed by atoms with E-state index in [1.807, 2.05) is 29.2 Å². The van der Waals surface area contributed by atoms with E-state index in [4.69, 9.17) is 0 Å². The van der Waals surface area contributed by atoms with Crippen molar-refractivity contribution in [2.24, 2.45) is 0 Å². The van der Waals surface area contributed by atoms with Crippen LogP contribution in [0.15, 0.2) is 54.9 Å². The van der Waals surface area contributed by atoms with Gasteiger partial charge in [-0.2, -0.15) is 0 Å². The SMILES string of the molecule is O=C(Nc1cccc(O)c1)C1CCCN1c1ncnc2ccccc12. The number of aromatic hydroxyl groups is 1. The molecule has 1 aliphatic heterocycles. The summed E-state index contributed by atoms with van der Waals surface area (Å²) in [6, 6.07) is 14.1. The number of rotatable bonds is 3. The Hall–Kier alpha value is -3.15. The molecule has 25 heavy (non-hydrogen) atoms. The second kappa shape index (κ2) is 6.39. The Balaban J connectivity index is 1.62. The van der Waals surface area contributed by atoms with E-state index in [0.717, 1.165) is 36.1 Å². The first-order chi connectivity index (χ1) is 12.2. The van der Waals surface area contributed by atoms with Crippen LogP contribution in [0.3, 0.4) is 0 Å². The van der Waals surface area contributed by atoms with E-state index in [9.17, 15) is 9.90 Å². The van der Waals surface area contributed by atoms with Crippen molar-refractivity contribution < 1.29 is 9.90 Å². The maximum absolute atomic E-state index is 12.8. The largest absolute Gasteiger partial charge is 0.508 e. The molecule has 2 aromatic carbocycles.